The van der Waals surface area contributed by atoms with Gasteiger partial charge in [0.2, 0.25) is 0 Å². The van der Waals surface area contributed by atoms with Crippen LogP contribution in [-0.2, 0) is 5.41 Å². The van der Waals surface area contributed by atoms with E-state index < -0.39 is 5.97 Å². The zero-order valence-corrected chi connectivity index (χ0v) is 12.6. The van der Waals surface area contributed by atoms with E-state index in [1.807, 2.05) is 31.4 Å². The number of carbonyl (C=O) groups is 2. The topological polar surface area (TPSA) is 79.3 Å². The second-order valence-electron chi connectivity index (χ2n) is 5.28. The molecule has 5 nitrogen and oxygen atoms in total. The highest BCUT2D eigenvalue weighted by Crippen LogP contribution is 2.26. The Morgan fingerprint density at radius 3 is 2.76 bits per heavy atom. The number of thiophene rings is 1. The second kappa shape index (κ2) is 6.05. The lowest BCUT2D eigenvalue weighted by atomic mass is 9.91. The first-order chi connectivity index (χ1) is 9.90. The number of aromatic carboxylic acids is 1. The number of carboxylic acids is 1. The third kappa shape index (κ3) is 3.66. The van der Waals surface area contributed by atoms with E-state index in [9.17, 15) is 9.59 Å². The minimum absolute atomic E-state index is 0.0488. The Labute approximate surface area is 126 Å². The number of hydrogen-bond donors (Lipinski definition) is 2. The van der Waals surface area contributed by atoms with Crippen molar-refractivity contribution < 1.29 is 14.7 Å². The first-order valence-corrected chi connectivity index (χ1v) is 7.29. The molecule has 0 bridgehead atoms. The summed E-state index contributed by atoms with van der Waals surface area (Å²) in [4.78, 5) is 28.1. The van der Waals surface area contributed by atoms with Gasteiger partial charge in [-0.25, -0.2) is 4.79 Å². The number of hydrogen-bond acceptors (Lipinski definition) is 4. The molecule has 0 fully saturated rings. The van der Waals surface area contributed by atoms with Crippen LogP contribution in [0, 0.1) is 0 Å². The fourth-order valence-corrected chi connectivity index (χ4v) is 2.68. The molecular formula is C15H16N2O3S. The van der Waals surface area contributed by atoms with Crippen LogP contribution in [0.15, 0.2) is 35.8 Å². The summed E-state index contributed by atoms with van der Waals surface area (Å²) >= 11 is 1.64. The molecule has 2 rings (SSSR count). The zero-order chi connectivity index (χ0) is 15.5. The lowest BCUT2D eigenvalue weighted by Crippen LogP contribution is -2.36. The summed E-state index contributed by atoms with van der Waals surface area (Å²) in [5.74, 6) is -1.45. The Kier molecular flexibility index (Phi) is 4.37. The molecule has 0 aromatic carbocycles. The fourth-order valence-electron chi connectivity index (χ4n) is 1.83. The van der Waals surface area contributed by atoms with Crippen molar-refractivity contribution in [2.24, 2.45) is 0 Å². The predicted molar refractivity (Wildman–Crippen MR) is 80.9 cm³/mol. The van der Waals surface area contributed by atoms with Crippen LogP contribution in [0.2, 0.25) is 0 Å². The average Bonchev–Trinajstić information content (AvgIpc) is 3.00. The van der Waals surface area contributed by atoms with Crippen LogP contribution in [0.1, 0.15) is 39.6 Å². The molecule has 0 saturated carbocycles. The van der Waals surface area contributed by atoms with Crippen molar-refractivity contribution in [3.05, 3.63) is 52.0 Å². The van der Waals surface area contributed by atoms with Gasteiger partial charge in [0.1, 0.15) is 5.69 Å². The number of carboxylic acid groups (broad SMARTS) is 1. The molecule has 2 aromatic heterocycles. The summed E-state index contributed by atoms with van der Waals surface area (Å²) < 4.78 is 0. The predicted octanol–water partition coefficient (Wildman–Crippen LogP) is 2.55. The highest BCUT2D eigenvalue weighted by Gasteiger charge is 2.23. The minimum Gasteiger partial charge on any atom is -0.478 e. The van der Waals surface area contributed by atoms with Gasteiger partial charge in [-0.3, -0.25) is 9.78 Å². The zero-order valence-electron chi connectivity index (χ0n) is 11.8. The van der Waals surface area contributed by atoms with E-state index >= 15 is 0 Å². The summed E-state index contributed by atoms with van der Waals surface area (Å²) in [6.45, 7) is 4.53. The van der Waals surface area contributed by atoms with Crippen LogP contribution in [0.3, 0.4) is 0 Å². The van der Waals surface area contributed by atoms with Crippen molar-refractivity contribution in [1.29, 1.82) is 0 Å². The molecule has 21 heavy (non-hydrogen) atoms. The second-order valence-corrected chi connectivity index (χ2v) is 6.23. The van der Waals surface area contributed by atoms with Crippen molar-refractivity contribution in [3.8, 4) is 0 Å². The number of pyridine rings is 1. The van der Waals surface area contributed by atoms with E-state index in [2.05, 4.69) is 10.3 Å². The quantitative estimate of drug-likeness (QED) is 0.889. The van der Waals surface area contributed by atoms with Gasteiger partial charge in [-0.2, -0.15) is 0 Å². The normalized spacial score (nSPS) is 11.1. The van der Waals surface area contributed by atoms with Crippen LogP contribution in [0.4, 0.5) is 0 Å². The Balaban J connectivity index is 2.05. The first-order valence-electron chi connectivity index (χ1n) is 6.42. The number of amides is 1. The van der Waals surface area contributed by atoms with Gasteiger partial charge in [-0.1, -0.05) is 19.9 Å². The van der Waals surface area contributed by atoms with Gasteiger partial charge in [0.25, 0.3) is 5.91 Å². The Morgan fingerprint density at radius 2 is 2.14 bits per heavy atom. The SMILES string of the molecule is CC(C)(CNC(=O)c1cc(C(=O)O)ccn1)c1cccs1. The smallest absolute Gasteiger partial charge is 0.335 e. The molecule has 0 saturated heterocycles. The number of carbonyl (C=O) groups excluding carboxylic acids is 1. The molecule has 2 aromatic rings. The summed E-state index contributed by atoms with van der Waals surface area (Å²) in [6.07, 6.45) is 1.32. The first kappa shape index (κ1) is 15.2. The van der Waals surface area contributed by atoms with E-state index in [1.165, 1.54) is 23.2 Å². The van der Waals surface area contributed by atoms with E-state index in [1.54, 1.807) is 11.3 Å². The van der Waals surface area contributed by atoms with E-state index in [4.69, 9.17) is 5.11 Å². The Bertz CT molecular complexity index is 651. The van der Waals surface area contributed by atoms with Crippen molar-refractivity contribution in [1.82, 2.24) is 10.3 Å². The van der Waals surface area contributed by atoms with E-state index in [0.717, 1.165) is 0 Å². The highest BCUT2D eigenvalue weighted by molar-refractivity contribution is 7.10. The Hall–Kier alpha value is -2.21. The minimum atomic E-state index is -1.08. The third-order valence-electron chi connectivity index (χ3n) is 3.12. The monoisotopic (exact) mass is 304 g/mol. The van der Waals surface area contributed by atoms with Gasteiger partial charge in [0, 0.05) is 23.0 Å². The molecule has 1 amide bonds. The number of rotatable bonds is 5. The van der Waals surface area contributed by atoms with Crippen LogP contribution >= 0.6 is 11.3 Å². The van der Waals surface area contributed by atoms with Crippen LogP contribution < -0.4 is 5.32 Å². The van der Waals surface area contributed by atoms with Crippen molar-refractivity contribution >= 4 is 23.2 Å². The molecule has 0 unspecified atom stereocenters. The average molecular weight is 304 g/mol. The number of aromatic nitrogens is 1. The molecular weight excluding hydrogens is 288 g/mol. The maximum atomic E-state index is 12.1. The highest BCUT2D eigenvalue weighted by atomic mass is 32.1. The summed E-state index contributed by atoms with van der Waals surface area (Å²) in [7, 11) is 0. The molecule has 2 N–H and O–H groups in total. The van der Waals surface area contributed by atoms with E-state index in [-0.39, 0.29) is 22.6 Å². The molecule has 110 valence electrons. The van der Waals surface area contributed by atoms with Gasteiger partial charge in [-0.15, -0.1) is 11.3 Å². The number of nitrogens with zero attached hydrogens (tertiary/aromatic N) is 1. The van der Waals surface area contributed by atoms with Crippen molar-refractivity contribution in [3.63, 3.8) is 0 Å². The molecule has 6 heteroatoms. The largest absolute Gasteiger partial charge is 0.478 e. The maximum absolute atomic E-state index is 12.1. The number of nitrogens with one attached hydrogen (secondary N) is 1. The van der Waals surface area contributed by atoms with Crippen LogP contribution in [0.5, 0.6) is 0 Å². The van der Waals surface area contributed by atoms with Gasteiger partial charge >= 0.3 is 5.97 Å². The fraction of sp³-hybridized carbons (Fsp3) is 0.267. The third-order valence-corrected chi connectivity index (χ3v) is 4.35. The standard InChI is InChI=1S/C15H16N2O3S/c1-15(2,12-4-3-7-21-12)9-17-13(18)11-8-10(14(19)20)5-6-16-11/h3-8H,9H2,1-2H3,(H,17,18)(H,19,20). The lowest BCUT2D eigenvalue weighted by Gasteiger charge is -2.23. The van der Waals surface area contributed by atoms with Gasteiger partial charge in [0.05, 0.1) is 5.56 Å². The molecule has 0 radical (unpaired) electrons. The molecule has 0 aliphatic carbocycles. The molecule has 0 atom stereocenters. The molecule has 0 aliphatic rings. The van der Waals surface area contributed by atoms with Gasteiger partial charge < -0.3 is 10.4 Å². The summed E-state index contributed by atoms with van der Waals surface area (Å²) in [6, 6.07) is 6.63. The maximum Gasteiger partial charge on any atom is 0.335 e. The van der Waals surface area contributed by atoms with Gasteiger partial charge in [-0.05, 0) is 23.6 Å². The van der Waals surface area contributed by atoms with Crippen molar-refractivity contribution in [2.45, 2.75) is 19.3 Å². The van der Waals surface area contributed by atoms with E-state index in [0.29, 0.717) is 6.54 Å². The van der Waals surface area contributed by atoms with Crippen LogP contribution in [0.25, 0.3) is 0 Å². The molecule has 0 aliphatic heterocycles. The van der Waals surface area contributed by atoms with Crippen LogP contribution in [-0.4, -0.2) is 28.5 Å². The lowest BCUT2D eigenvalue weighted by molar-refractivity contribution is 0.0696. The molecule has 2 heterocycles. The Morgan fingerprint density at radius 1 is 1.38 bits per heavy atom. The van der Waals surface area contributed by atoms with Gasteiger partial charge in [0.15, 0.2) is 0 Å². The summed E-state index contributed by atoms with van der Waals surface area (Å²) in [5.41, 5.74) is -0.0293. The summed E-state index contributed by atoms with van der Waals surface area (Å²) in [5, 5.41) is 13.7. The van der Waals surface area contributed by atoms with Crippen molar-refractivity contribution in [2.75, 3.05) is 6.54 Å². The molecule has 0 spiro atoms.